The van der Waals surface area contributed by atoms with Gasteiger partial charge in [0, 0.05) is 11.8 Å². The van der Waals surface area contributed by atoms with Gasteiger partial charge in [-0.1, -0.05) is 0 Å². The van der Waals surface area contributed by atoms with E-state index in [0.29, 0.717) is 5.56 Å². The fourth-order valence-electron chi connectivity index (χ4n) is 1.12. The second-order valence-corrected chi connectivity index (χ2v) is 3.31. The van der Waals surface area contributed by atoms with Gasteiger partial charge in [-0.05, 0) is 6.07 Å². The summed E-state index contributed by atoms with van der Waals surface area (Å²) in [6.07, 6.45) is -0.753. The largest absolute Gasteiger partial charge is 0.464 e. The van der Waals surface area contributed by atoms with Gasteiger partial charge in [0.25, 0.3) is 0 Å². The molecule has 0 aromatic carbocycles. The number of aliphatic hydroxyl groups is 2. The second-order valence-electron chi connectivity index (χ2n) is 3.00. The maximum absolute atomic E-state index is 11.1. The normalized spacial score (nSPS) is 14.7. The van der Waals surface area contributed by atoms with E-state index in [1.54, 1.807) is 0 Å². The molecule has 0 saturated carbocycles. The van der Waals surface area contributed by atoms with Crippen molar-refractivity contribution >= 4 is 17.6 Å². The van der Waals surface area contributed by atoms with Gasteiger partial charge in [0.15, 0.2) is 0 Å². The number of aromatic nitrogens is 1. The number of nitrogens with one attached hydrogen (secondary N) is 1. The van der Waals surface area contributed by atoms with Crippen LogP contribution in [0.25, 0.3) is 0 Å². The zero-order valence-electron chi connectivity index (χ0n) is 8.11. The minimum atomic E-state index is -1.11. The molecule has 0 bridgehead atoms. The molecule has 0 aliphatic carbocycles. The van der Waals surface area contributed by atoms with E-state index in [0.717, 1.165) is 0 Å². The number of hydrogen-bond acceptors (Lipinski definition) is 4. The summed E-state index contributed by atoms with van der Waals surface area (Å²) in [5.41, 5.74) is 0.608. The number of hydrogen-bond donors (Lipinski definition) is 3. The van der Waals surface area contributed by atoms with Crippen molar-refractivity contribution in [1.29, 1.82) is 0 Å². The van der Waals surface area contributed by atoms with E-state index in [-0.39, 0.29) is 11.6 Å². The van der Waals surface area contributed by atoms with Crippen LogP contribution in [0.2, 0.25) is 0 Å². The number of carbonyl (C=O) groups excluding carboxylic acids is 1. The molecule has 0 aliphatic heterocycles. The average Bonchev–Trinajstić information content (AvgIpc) is 2.75. The van der Waals surface area contributed by atoms with Gasteiger partial charge >= 0.3 is 5.97 Å². The predicted molar refractivity (Wildman–Crippen MR) is 53.8 cm³/mol. The Hall–Kier alpha value is -1.04. The Morgan fingerprint density at radius 3 is 2.87 bits per heavy atom. The molecule has 0 amide bonds. The molecule has 0 aliphatic rings. The molecular weight excluding hydrogens is 222 g/mol. The molecule has 0 spiro atoms. The number of esters is 1. The maximum atomic E-state index is 11.1. The monoisotopic (exact) mass is 233 g/mol. The van der Waals surface area contributed by atoms with E-state index in [4.69, 9.17) is 11.6 Å². The molecule has 3 N–H and O–H groups in total. The van der Waals surface area contributed by atoms with Gasteiger partial charge in [-0.2, -0.15) is 0 Å². The Labute approximate surface area is 91.6 Å². The molecule has 1 aromatic rings. The van der Waals surface area contributed by atoms with Crippen LogP contribution >= 0.6 is 11.6 Å². The summed E-state index contributed by atoms with van der Waals surface area (Å²) >= 11 is 5.38. The van der Waals surface area contributed by atoms with Crippen LogP contribution in [-0.2, 0) is 4.74 Å². The van der Waals surface area contributed by atoms with Crippen molar-refractivity contribution in [3.63, 3.8) is 0 Å². The topological polar surface area (TPSA) is 82.6 Å². The third-order valence-corrected chi connectivity index (χ3v) is 2.29. The Balaban J connectivity index is 2.79. The molecule has 15 heavy (non-hydrogen) atoms. The lowest BCUT2D eigenvalue weighted by atomic mass is 10.1. The molecular formula is C9H12ClNO4. The van der Waals surface area contributed by atoms with Crippen molar-refractivity contribution in [2.24, 2.45) is 0 Å². The van der Waals surface area contributed by atoms with Gasteiger partial charge in [0.1, 0.15) is 11.8 Å². The first-order valence-electron chi connectivity index (χ1n) is 4.29. The fraction of sp³-hybridized carbons (Fsp3) is 0.444. The van der Waals surface area contributed by atoms with E-state index >= 15 is 0 Å². The van der Waals surface area contributed by atoms with Gasteiger partial charge in [0.2, 0.25) is 0 Å². The summed E-state index contributed by atoms with van der Waals surface area (Å²) in [6, 6.07) is 1.41. The number of aliphatic hydroxyl groups excluding tert-OH is 2. The quantitative estimate of drug-likeness (QED) is 0.520. The lowest BCUT2D eigenvalue weighted by Gasteiger charge is -2.13. The Morgan fingerprint density at radius 1 is 1.67 bits per heavy atom. The Bertz CT molecular complexity index is 339. The number of H-pyrrole nitrogens is 1. The smallest absolute Gasteiger partial charge is 0.354 e. The minimum Gasteiger partial charge on any atom is -0.464 e. The molecule has 2 unspecified atom stereocenters. The highest BCUT2D eigenvalue weighted by atomic mass is 35.5. The van der Waals surface area contributed by atoms with Crippen LogP contribution in [0.15, 0.2) is 12.3 Å². The maximum Gasteiger partial charge on any atom is 0.354 e. The third-order valence-electron chi connectivity index (χ3n) is 1.97. The van der Waals surface area contributed by atoms with E-state index in [2.05, 4.69) is 9.72 Å². The third kappa shape index (κ3) is 2.71. The van der Waals surface area contributed by atoms with Crippen LogP contribution in [0, 0.1) is 0 Å². The number of alkyl halides is 1. The molecule has 1 aromatic heterocycles. The Morgan fingerprint density at radius 2 is 2.33 bits per heavy atom. The highest BCUT2D eigenvalue weighted by Gasteiger charge is 2.20. The first kappa shape index (κ1) is 12.0. The summed E-state index contributed by atoms with van der Waals surface area (Å²) in [7, 11) is 1.26. The molecule has 0 saturated heterocycles. The number of aromatic amines is 1. The zero-order chi connectivity index (χ0) is 11.4. The van der Waals surface area contributed by atoms with Crippen molar-refractivity contribution in [3.05, 3.63) is 23.5 Å². The van der Waals surface area contributed by atoms with Crippen LogP contribution < -0.4 is 0 Å². The highest BCUT2D eigenvalue weighted by molar-refractivity contribution is 6.18. The Kier molecular flexibility index (Phi) is 4.14. The molecule has 0 fully saturated rings. The van der Waals surface area contributed by atoms with Crippen LogP contribution in [0.5, 0.6) is 0 Å². The molecule has 2 atom stereocenters. The lowest BCUT2D eigenvalue weighted by molar-refractivity contribution is 0.0327. The lowest BCUT2D eigenvalue weighted by Crippen LogP contribution is -2.19. The van der Waals surface area contributed by atoms with E-state index < -0.39 is 18.2 Å². The summed E-state index contributed by atoms with van der Waals surface area (Å²) in [4.78, 5) is 13.7. The van der Waals surface area contributed by atoms with E-state index in [9.17, 15) is 15.0 Å². The molecule has 84 valence electrons. The summed E-state index contributed by atoms with van der Waals surface area (Å²) in [5, 5.41) is 18.8. The van der Waals surface area contributed by atoms with Crippen molar-refractivity contribution in [2.45, 2.75) is 12.2 Å². The fourth-order valence-corrected chi connectivity index (χ4v) is 1.28. The van der Waals surface area contributed by atoms with Crippen molar-refractivity contribution in [1.82, 2.24) is 4.98 Å². The molecule has 0 radical (unpaired) electrons. The number of halogens is 1. The van der Waals surface area contributed by atoms with Crippen LogP contribution in [0.3, 0.4) is 0 Å². The number of rotatable bonds is 4. The van der Waals surface area contributed by atoms with Crippen molar-refractivity contribution in [3.8, 4) is 0 Å². The van der Waals surface area contributed by atoms with Gasteiger partial charge in [-0.25, -0.2) is 4.79 Å². The number of ether oxygens (including phenoxy) is 1. The summed E-state index contributed by atoms with van der Waals surface area (Å²) < 4.78 is 4.48. The van der Waals surface area contributed by atoms with Gasteiger partial charge in [0.05, 0.1) is 19.1 Å². The van der Waals surface area contributed by atoms with Crippen LogP contribution in [0.1, 0.15) is 22.2 Å². The van der Waals surface area contributed by atoms with E-state index in [1.807, 2.05) is 0 Å². The summed E-state index contributed by atoms with van der Waals surface area (Å²) in [6.45, 7) is 0. The van der Waals surface area contributed by atoms with Gasteiger partial charge < -0.3 is 19.9 Å². The SMILES string of the molecule is COC(=O)c1cc(C(O)C(O)CCl)c[nH]1. The molecule has 1 heterocycles. The standard InChI is InChI=1S/C9H12ClNO4/c1-15-9(14)6-2-5(4-11-6)8(13)7(12)3-10/h2,4,7-8,11-13H,3H2,1H3. The van der Waals surface area contributed by atoms with Gasteiger partial charge in [-0.15, -0.1) is 11.6 Å². The summed E-state index contributed by atoms with van der Waals surface area (Å²) in [5.74, 6) is -0.617. The van der Waals surface area contributed by atoms with E-state index in [1.165, 1.54) is 19.4 Å². The highest BCUT2D eigenvalue weighted by Crippen LogP contribution is 2.18. The van der Waals surface area contributed by atoms with Crippen molar-refractivity contribution < 1.29 is 19.7 Å². The van der Waals surface area contributed by atoms with Gasteiger partial charge in [-0.3, -0.25) is 0 Å². The number of methoxy groups -OCH3 is 1. The predicted octanol–water partition coefficient (Wildman–Crippen LogP) is 0.434. The second kappa shape index (κ2) is 5.16. The van der Waals surface area contributed by atoms with Crippen LogP contribution in [0.4, 0.5) is 0 Å². The average molecular weight is 234 g/mol. The number of carbonyl (C=O) groups is 1. The first-order chi connectivity index (χ1) is 7.10. The zero-order valence-corrected chi connectivity index (χ0v) is 8.86. The van der Waals surface area contributed by atoms with Crippen LogP contribution in [-0.4, -0.2) is 40.3 Å². The molecule has 6 heteroatoms. The van der Waals surface area contributed by atoms with Crippen molar-refractivity contribution in [2.75, 3.05) is 13.0 Å². The minimum absolute atomic E-state index is 0.0834. The first-order valence-corrected chi connectivity index (χ1v) is 4.82. The molecule has 5 nitrogen and oxygen atoms in total. The molecule has 1 rings (SSSR count).